The first kappa shape index (κ1) is 66.1. The van der Waals surface area contributed by atoms with Gasteiger partial charge in [0.2, 0.25) is 41.4 Å². The molecular formula is C71H96N10O8. The minimum Gasteiger partial charge on any atom is -0.355 e. The second-order valence-electron chi connectivity index (χ2n) is 25.5. The number of likely N-dealkylation sites (N-methyl/N-ethyl adjacent to an activating group) is 2. The van der Waals surface area contributed by atoms with Gasteiger partial charge in [0, 0.05) is 38.0 Å². The Kier molecular flexibility index (Phi) is 23.7. The molecule has 0 aromatic heterocycles. The Balaban J connectivity index is 0.856. The molecular weight excluding hydrogens is 1120 g/mol. The van der Waals surface area contributed by atoms with Crippen molar-refractivity contribution in [2.75, 3.05) is 40.3 Å². The third kappa shape index (κ3) is 16.0. The zero-order valence-electron chi connectivity index (χ0n) is 52.7. The van der Waals surface area contributed by atoms with Gasteiger partial charge in [0.15, 0.2) is 5.78 Å². The molecule has 1 spiro atoms. The Morgan fingerprint density at radius 3 is 1.36 bits per heavy atom. The molecule has 0 radical (unpaired) electrons. The molecule has 7 amide bonds. The Morgan fingerprint density at radius 2 is 0.910 bits per heavy atom. The smallest absolute Gasteiger partial charge is 0.246 e. The number of benzene rings is 4. The number of carbonyl (C=O) groups excluding carboxylic acids is 8. The average Bonchev–Trinajstić information content (AvgIpc) is 1.53. The molecule has 9 atom stereocenters. The number of likely N-dealkylation sites (tertiary alicyclic amines) is 2. The molecule has 2 saturated heterocycles. The van der Waals surface area contributed by atoms with Crippen molar-refractivity contribution in [3.8, 4) is 0 Å². The number of hydrogen-bond acceptors (Lipinski definition) is 11. The highest BCUT2D eigenvalue weighted by Crippen LogP contribution is 2.48. The highest BCUT2D eigenvalue weighted by atomic mass is 16.2. The number of ketones is 1. The van der Waals surface area contributed by atoms with E-state index >= 15 is 0 Å². The number of nitrogens with zero attached hydrogens (tertiary/aromatic N) is 2. The van der Waals surface area contributed by atoms with Crippen LogP contribution in [-0.4, -0.2) is 151 Å². The van der Waals surface area contributed by atoms with Gasteiger partial charge < -0.3 is 47.0 Å². The number of nitrogens with one attached hydrogen (secondary N) is 8. The number of unbranched alkanes of at least 4 members (excludes halogenated alkanes) is 3. The SMILES string of the molecule is CN[C@@H](C)C(=O)N[C@H](C(=O)N1CCC[C@H]1C(=O)N[C@H](C(=O)NCCCCCCNC(=O)[C@@H](N[C@@H]1C(=O)C12CCCN2C(=O)[C@@H](NC(=O)[C@H](C)NC)C1CCCCC1)C(c1ccccc1)c1ccccc1)C(c1ccccc1)c1ccccc1)C1CCCCC1. The predicted octanol–water partition coefficient (Wildman–Crippen LogP) is 6.54. The Bertz CT molecular complexity index is 2920. The molecule has 4 aromatic rings. The topological polar surface area (TPSA) is 239 Å². The van der Waals surface area contributed by atoms with Crippen LogP contribution in [-0.2, 0) is 38.4 Å². The van der Waals surface area contributed by atoms with E-state index in [4.69, 9.17) is 0 Å². The summed E-state index contributed by atoms with van der Waals surface area (Å²) in [5.41, 5.74) is 2.34. The van der Waals surface area contributed by atoms with Crippen LogP contribution in [0.5, 0.6) is 0 Å². The summed E-state index contributed by atoms with van der Waals surface area (Å²) in [6, 6.07) is 32.8. The van der Waals surface area contributed by atoms with E-state index in [-0.39, 0.29) is 53.1 Å². The van der Waals surface area contributed by atoms with E-state index in [2.05, 4.69) is 42.5 Å². The van der Waals surface area contributed by atoms with E-state index in [0.29, 0.717) is 64.7 Å². The predicted molar refractivity (Wildman–Crippen MR) is 344 cm³/mol. The van der Waals surface area contributed by atoms with Crippen LogP contribution in [0.1, 0.15) is 164 Å². The van der Waals surface area contributed by atoms with Gasteiger partial charge >= 0.3 is 0 Å². The van der Waals surface area contributed by atoms with Gasteiger partial charge in [0.05, 0.1) is 18.1 Å². The van der Waals surface area contributed by atoms with E-state index in [1.165, 1.54) is 0 Å². The Labute approximate surface area is 526 Å². The maximum atomic E-state index is 14.9. The first-order valence-corrected chi connectivity index (χ1v) is 33.2. The van der Waals surface area contributed by atoms with Crippen LogP contribution in [0.2, 0.25) is 0 Å². The number of rotatable bonds is 29. The van der Waals surface area contributed by atoms with E-state index < -0.39 is 71.6 Å². The Morgan fingerprint density at radius 1 is 0.483 bits per heavy atom. The average molecular weight is 1220 g/mol. The normalized spacial score (nSPS) is 21.6. The lowest BCUT2D eigenvalue weighted by Crippen LogP contribution is -2.59. The lowest BCUT2D eigenvalue weighted by Gasteiger charge is -2.36. The molecule has 89 heavy (non-hydrogen) atoms. The lowest BCUT2D eigenvalue weighted by atomic mass is 9.83. The number of Topliss-reactive ketones (excluding diaryl/α,β-unsaturated/α-hetero) is 1. The van der Waals surface area contributed by atoms with E-state index in [1.807, 2.05) is 121 Å². The second kappa shape index (κ2) is 31.9. The molecule has 0 bridgehead atoms. The van der Waals surface area contributed by atoms with Crippen LogP contribution in [0.3, 0.4) is 0 Å². The number of amides is 7. The van der Waals surface area contributed by atoms with Crippen molar-refractivity contribution in [3.63, 3.8) is 0 Å². The molecule has 18 heteroatoms. The summed E-state index contributed by atoms with van der Waals surface area (Å²) in [6.07, 6.45) is 14.1. The van der Waals surface area contributed by atoms with Crippen LogP contribution in [0, 0.1) is 11.8 Å². The summed E-state index contributed by atoms with van der Waals surface area (Å²) in [7, 11) is 3.42. The lowest BCUT2D eigenvalue weighted by molar-refractivity contribution is -0.143. The molecule has 18 nitrogen and oxygen atoms in total. The van der Waals surface area contributed by atoms with Crippen molar-refractivity contribution in [2.24, 2.45) is 11.8 Å². The maximum absolute atomic E-state index is 14.9. The zero-order valence-corrected chi connectivity index (χ0v) is 52.7. The molecule has 5 fully saturated rings. The third-order valence-electron chi connectivity index (χ3n) is 19.8. The van der Waals surface area contributed by atoms with Crippen LogP contribution in [0.15, 0.2) is 121 Å². The van der Waals surface area contributed by atoms with E-state index in [0.717, 1.165) is 99.3 Å². The van der Waals surface area contributed by atoms with Gasteiger partial charge in [-0.3, -0.25) is 43.7 Å². The molecule has 9 rings (SSSR count). The molecule has 4 aromatic carbocycles. The monoisotopic (exact) mass is 1220 g/mol. The van der Waals surface area contributed by atoms with Crippen molar-refractivity contribution < 1.29 is 38.4 Å². The highest BCUT2D eigenvalue weighted by molar-refractivity contribution is 6.15. The number of carbonyl (C=O) groups is 8. The summed E-state index contributed by atoms with van der Waals surface area (Å²) in [5, 5.41) is 25.2. The highest BCUT2D eigenvalue weighted by Gasteiger charge is 2.72. The van der Waals surface area contributed by atoms with Gasteiger partial charge in [-0.05, 0) is 126 Å². The fourth-order valence-corrected chi connectivity index (χ4v) is 14.5. The van der Waals surface area contributed by atoms with Crippen molar-refractivity contribution in [2.45, 2.75) is 195 Å². The Hall–Kier alpha value is -7.28. The van der Waals surface area contributed by atoms with Crippen molar-refractivity contribution in [3.05, 3.63) is 144 Å². The third-order valence-corrected chi connectivity index (χ3v) is 19.8. The maximum Gasteiger partial charge on any atom is 0.246 e. The minimum absolute atomic E-state index is 0.0423. The second-order valence-corrected chi connectivity index (χ2v) is 25.5. The van der Waals surface area contributed by atoms with Gasteiger partial charge in [0.25, 0.3) is 0 Å². The summed E-state index contributed by atoms with van der Waals surface area (Å²) in [4.78, 5) is 119. The molecule has 3 aliphatic carbocycles. The van der Waals surface area contributed by atoms with Crippen LogP contribution in [0.25, 0.3) is 0 Å². The van der Waals surface area contributed by atoms with Gasteiger partial charge in [0.1, 0.15) is 35.7 Å². The molecule has 478 valence electrons. The van der Waals surface area contributed by atoms with Gasteiger partial charge in [-0.15, -0.1) is 0 Å². The first-order chi connectivity index (χ1) is 43.3. The molecule has 2 aliphatic heterocycles. The van der Waals surface area contributed by atoms with Gasteiger partial charge in [-0.25, -0.2) is 0 Å². The summed E-state index contributed by atoms with van der Waals surface area (Å²) in [5.74, 6) is -3.31. The zero-order chi connectivity index (χ0) is 62.9. The fourth-order valence-electron chi connectivity index (χ4n) is 14.5. The summed E-state index contributed by atoms with van der Waals surface area (Å²) < 4.78 is 0. The number of hydrogen-bond donors (Lipinski definition) is 8. The van der Waals surface area contributed by atoms with Crippen molar-refractivity contribution in [1.29, 1.82) is 0 Å². The molecule has 8 N–H and O–H groups in total. The fraction of sp³-hybridized carbons (Fsp3) is 0.549. The van der Waals surface area contributed by atoms with E-state index in [1.54, 1.807) is 37.7 Å². The summed E-state index contributed by atoms with van der Waals surface area (Å²) >= 11 is 0. The minimum atomic E-state index is -1.13. The molecule has 5 aliphatic rings. The van der Waals surface area contributed by atoms with Gasteiger partial charge in [-0.2, -0.15) is 0 Å². The molecule has 1 unspecified atom stereocenters. The van der Waals surface area contributed by atoms with Crippen LogP contribution in [0.4, 0.5) is 0 Å². The van der Waals surface area contributed by atoms with Gasteiger partial charge in [-0.1, -0.05) is 173 Å². The quantitative estimate of drug-likeness (QED) is 0.0272. The summed E-state index contributed by atoms with van der Waals surface area (Å²) in [6.45, 7) is 4.96. The van der Waals surface area contributed by atoms with Crippen LogP contribution >= 0.6 is 0 Å². The van der Waals surface area contributed by atoms with Crippen molar-refractivity contribution >= 4 is 47.1 Å². The molecule has 2 heterocycles. The first-order valence-electron chi connectivity index (χ1n) is 33.2. The molecule has 3 saturated carbocycles. The van der Waals surface area contributed by atoms with Crippen LogP contribution < -0.4 is 42.5 Å². The standard InChI is InChI=1S/C71H96N10O8/c1-47(72-3)64(83)77-58(53-37-21-11-22-38-53)69(88)80-45-27-41-55(80)66(85)79-61(57(51-33-17-9-18-34-51)52-35-19-10-20-36-52)68(87)75-44-26-6-5-25-43-74-67(86)60(56(49-29-13-7-14-30-49)50-31-15-8-16-32-50)76-62-63(82)71(62)42-28-46-81(71)70(89)59(54-39-23-12-24-40-54)78-65(84)48(2)73-4/h7-10,13-20,29-36,47-48,53-62,72-73,76H,5-6,11-12,21-28,37-46H2,1-4H3,(H,74,86)(H,75,87)(H,77,83)(H,78,84)(H,79,85)/t47-,48-,55-,58-,59-,60-,61-,62+,71?/m0/s1. The van der Waals surface area contributed by atoms with E-state index in [9.17, 15) is 38.4 Å². The van der Waals surface area contributed by atoms with Crippen molar-refractivity contribution in [1.82, 2.24) is 52.3 Å². The largest absolute Gasteiger partial charge is 0.355 e.